The van der Waals surface area contributed by atoms with Crippen molar-refractivity contribution >= 4 is 11.3 Å². The number of hydrogen-bond donors (Lipinski definition) is 1. The Morgan fingerprint density at radius 2 is 2.26 bits per heavy atom. The number of nitrogens with one attached hydrogen (secondary N) is 1. The van der Waals surface area contributed by atoms with Crippen LogP contribution in [-0.2, 0) is 6.54 Å². The van der Waals surface area contributed by atoms with Gasteiger partial charge in [-0.15, -0.1) is 11.3 Å². The van der Waals surface area contributed by atoms with Gasteiger partial charge in [0, 0.05) is 42.3 Å². The Hall–Kier alpha value is -0.450. The van der Waals surface area contributed by atoms with Crippen molar-refractivity contribution in [3.05, 3.63) is 16.6 Å². The number of thiazole rings is 1. The van der Waals surface area contributed by atoms with E-state index in [2.05, 4.69) is 29.0 Å². The van der Waals surface area contributed by atoms with E-state index in [9.17, 15) is 0 Å². The molecule has 19 heavy (non-hydrogen) atoms. The molecule has 1 aliphatic carbocycles. The molecule has 0 amide bonds. The van der Waals surface area contributed by atoms with E-state index in [0.29, 0.717) is 17.5 Å². The fourth-order valence-corrected chi connectivity index (χ4v) is 4.25. The maximum Gasteiger partial charge on any atom is 0.0794 e. The van der Waals surface area contributed by atoms with Crippen LogP contribution in [0.15, 0.2) is 11.7 Å². The number of rotatable bonds is 3. The number of hydrogen-bond acceptors (Lipinski definition) is 4. The molecule has 1 saturated carbocycles. The smallest absolute Gasteiger partial charge is 0.0794 e. The van der Waals surface area contributed by atoms with Crippen LogP contribution in [0.5, 0.6) is 0 Å². The van der Waals surface area contributed by atoms with E-state index in [0.717, 1.165) is 6.54 Å². The van der Waals surface area contributed by atoms with Gasteiger partial charge in [0.25, 0.3) is 0 Å². The van der Waals surface area contributed by atoms with Gasteiger partial charge in [-0.1, -0.05) is 26.7 Å². The van der Waals surface area contributed by atoms with Crippen molar-refractivity contribution in [1.29, 1.82) is 0 Å². The third-order valence-electron chi connectivity index (χ3n) is 4.95. The minimum Gasteiger partial charge on any atom is -0.311 e. The van der Waals surface area contributed by atoms with E-state index in [1.807, 2.05) is 11.7 Å². The highest BCUT2D eigenvalue weighted by atomic mass is 32.1. The van der Waals surface area contributed by atoms with Gasteiger partial charge in [0.15, 0.2) is 0 Å². The predicted octanol–water partition coefficient (Wildman–Crippen LogP) is 2.89. The Bertz CT molecular complexity index is 396. The van der Waals surface area contributed by atoms with Crippen LogP contribution in [0.2, 0.25) is 0 Å². The van der Waals surface area contributed by atoms with Crippen molar-refractivity contribution in [2.75, 3.05) is 13.1 Å². The first-order valence-corrected chi connectivity index (χ1v) is 8.43. The summed E-state index contributed by atoms with van der Waals surface area (Å²) in [4.78, 5) is 8.40. The lowest BCUT2D eigenvalue weighted by molar-refractivity contribution is 0.0268. The SMILES string of the molecule is CC(C)C1CN(Cc2cncs2)C2(CCCC2)CN1. The molecule has 1 N–H and O–H groups in total. The molecule has 2 heterocycles. The van der Waals surface area contributed by atoms with E-state index < -0.39 is 0 Å². The van der Waals surface area contributed by atoms with Gasteiger partial charge in [-0.05, 0) is 18.8 Å². The van der Waals surface area contributed by atoms with Gasteiger partial charge >= 0.3 is 0 Å². The van der Waals surface area contributed by atoms with Crippen LogP contribution in [-0.4, -0.2) is 34.6 Å². The van der Waals surface area contributed by atoms with E-state index in [1.165, 1.54) is 43.6 Å². The molecule has 1 aromatic rings. The van der Waals surface area contributed by atoms with Gasteiger partial charge in [-0.25, -0.2) is 0 Å². The van der Waals surface area contributed by atoms with Gasteiger partial charge in [-0.2, -0.15) is 0 Å². The molecule has 106 valence electrons. The number of piperazine rings is 1. The monoisotopic (exact) mass is 279 g/mol. The van der Waals surface area contributed by atoms with Crippen molar-refractivity contribution < 1.29 is 0 Å². The van der Waals surface area contributed by atoms with Gasteiger partial charge in [0.05, 0.1) is 5.51 Å². The quantitative estimate of drug-likeness (QED) is 0.922. The Labute approximate surface area is 120 Å². The standard InChI is InChI=1S/C15H25N3S/c1-12(2)14-9-18(8-13-7-16-11-19-13)15(10-17-14)5-3-4-6-15/h7,11-12,14,17H,3-6,8-10H2,1-2H3. The molecule has 1 aromatic heterocycles. The summed E-state index contributed by atoms with van der Waals surface area (Å²) in [5, 5.41) is 3.81. The van der Waals surface area contributed by atoms with Crippen LogP contribution < -0.4 is 5.32 Å². The second-order valence-electron chi connectivity index (χ2n) is 6.51. The van der Waals surface area contributed by atoms with E-state index in [4.69, 9.17) is 0 Å². The summed E-state index contributed by atoms with van der Waals surface area (Å²) in [5.41, 5.74) is 2.38. The molecule has 1 atom stereocenters. The molecular formula is C15H25N3S. The molecule has 0 radical (unpaired) electrons. The highest BCUT2D eigenvalue weighted by Crippen LogP contribution is 2.38. The van der Waals surface area contributed by atoms with Gasteiger partial charge in [0.1, 0.15) is 0 Å². The molecule has 1 aliphatic heterocycles. The summed E-state index contributed by atoms with van der Waals surface area (Å²) in [7, 11) is 0. The van der Waals surface area contributed by atoms with E-state index in [-0.39, 0.29) is 0 Å². The molecule has 2 aliphatic rings. The molecule has 0 aromatic carbocycles. The Kier molecular flexibility index (Phi) is 3.92. The molecule has 0 bridgehead atoms. The lowest BCUT2D eigenvalue weighted by atomic mass is 9.88. The molecule has 1 spiro atoms. The van der Waals surface area contributed by atoms with Crippen LogP contribution in [0.3, 0.4) is 0 Å². The topological polar surface area (TPSA) is 28.2 Å². The Morgan fingerprint density at radius 1 is 1.47 bits per heavy atom. The summed E-state index contributed by atoms with van der Waals surface area (Å²) in [5.74, 6) is 0.711. The van der Waals surface area contributed by atoms with Crippen LogP contribution in [0, 0.1) is 5.92 Å². The van der Waals surface area contributed by atoms with Crippen molar-refractivity contribution in [3.63, 3.8) is 0 Å². The van der Waals surface area contributed by atoms with Crippen molar-refractivity contribution in [2.45, 2.75) is 57.7 Å². The zero-order valence-electron chi connectivity index (χ0n) is 12.1. The normalized spacial score (nSPS) is 27.4. The van der Waals surface area contributed by atoms with Gasteiger partial charge < -0.3 is 5.32 Å². The van der Waals surface area contributed by atoms with Gasteiger partial charge in [0.2, 0.25) is 0 Å². The van der Waals surface area contributed by atoms with Crippen molar-refractivity contribution in [2.24, 2.45) is 5.92 Å². The Balaban J connectivity index is 1.77. The summed E-state index contributed by atoms with van der Waals surface area (Å²) in [6.45, 7) is 8.12. The first kappa shape index (κ1) is 13.5. The minimum atomic E-state index is 0.426. The maximum absolute atomic E-state index is 4.23. The largest absolute Gasteiger partial charge is 0.311 e. The molecule has 3 nitrogen and oxygen atoms in total. The van der Waals surface area contributed by atoms with Crippen LogP contribution in [0.25, 0.3) is 0 Å². The fourth-order valence-electron chi connectivity index (χ4n) is 3.64. The van der Waals surface area contributed by atoms with E-state index in [1.54, 1.807) is 11.3 Å². The third kappa shape index (κ3) is 2.71. The first-order chi connectivity index (χ1) is 9.20. The molecule has 2 fully saturated rings. The van der Waals surface area contributed by atoms with Gasteiger partial charge in [-0.3, -0.25) is 9.88 Å². The molecule has 1 unspecified atom stereocenters. The lowest BCUT2D eigenvalue weighted by Crippen LogP contribution is -2.64. The van der Waals surface area contributed by atoms with Crippen LogP contribution in [0.1, 0.15) is 44.4 Å². The predicted molar refractivity (Wildman–Crippen MR) is 80.4 cm³/mol. The highest BCUT2D eigenvalue weighted by Gasteiger charge is 2.43. The second kappa shape index (κ2) is 5.51. The molecule has 1 saturated heterocycles. The first-order valence-electron chi connectivity index (χ1n) is 7.55. The number of nitrogens with zero attached hydrogens (tertiary/aromatic N) is 2. The van der Waals surface area contributed by atoms with Crippen molar-refractivity contribution in [1.82, 2.24) is 15.2 Å². The summed E-state index contributed by atoms with van der Waals surface area (Å²) < 4.78 is 0. The summed E-state index contributed by atoms with van der Waals surface area (Å²) >= 11 is 1.80. The zero-order valence-corrected chi connectivity index (χ0v) is 12.9. The minimum absolute atomic E-state index is 0.426. The third-order valence-corrected chi connectivity index (χ3v) is 5.71. The highest BCUT2D eigenvalue weighted by molar-refractivity contribution is 7.09. The average molecular weight is 279 g/mol. The molecule has 4 heteroatoms. The average Bonchev–Trinajstić information content (AvgIpc) is 3.04. The van der Waals surface area contributed by atoms with Crippen molar-refractivity contribution in [3.8, 4) is 0 Å². The zero-order chi connectivity index (χ0) is 13.3. The molecule has 3 rings (SSSR count). The summed E-state index contributed by atoms with van der Waals surface area (Å²) in [6, 6.07) is 0.638. The maximum atomic E-state index is 4.23. The fraction of sp³-hybridized carbons (Fsp3) is 0.800. The van der Waals surface area contributed by atoms with Crippen LogP contribution in [0.4, 0.5) is 0 Å². The van der Waals surface area contributed by atoms with E-state index >= 15 is 0 Å². The molecular weight excluding hydrogens is 254 g/mol. The van der Waals surface area contributed by atoms with Crippen LogP contribution >= 0.6 is 11.3 Å². The number of aromatic nitrogens is 1. The summed E-state index contributed by atoms with van der Waals surface area (Å²) in [6.07, 6.45) is 7.56. The Morgan fingerprint density at radius 3 is 2.89 bits per heavy atom. The second-order valence-corrected chi connectivity index (χ2v) is 7.48. The lowest BCUT2D eigenvalue weighted by Gasteiger charge is -2.49.